The highest BCUT2D eigenvalue weighted by atomic mass is 16.5. The second-order valence-corrected chi connectivity index (χ2v) is 3.95. The predicted molar refractivity (Wildman–Crippen MR) is 63.1 cm³/mol. The van der Waals surface area contributed by atoms with Crippen LogP contribution in [0.2, 0.25) is 0 Å². The second-order valence-electron chi connectivity index (χ2n) is 3.95. The first-order valence-corrected chi connectivity index (χ1v) is 5.90. The SMILES string of the molecule is CCCCCCC(C)Oc1ccccn1. The van der Waals surface area contributed by atoms with Crippen molar-refractivity contribution in [2.24, 2.45) is 0 Å². The van der Waals surface area contributed by atoms with Crippen LogP contribution in [0, 0.1) is 0 Å². The van der Waals surface area contributed by atoms with Crippen molar-refractivity contribution >= 4 is 0 Å². The van der Waals surface area contributed by atoms with Crippen LogP contribution in [0.25, 0.3) is 0 Å². The molecule has 0 aromatic carbocycles. The Morgan fingerprint density at radius 3 is 2.80 bits per heavy atom. The van der Waals surface area contributed by atoms with Crippen LogP contribution in [0.5, 0.6) is 5.88 Å². The zero-order valence-electron chi connectivity index (χ0n) is 9.78. The van der Waals surface area contributed by atoms with Crippen LogP contribution in [0.3, 0.4) is 0 Å². The fourth-order valence-electron chi connectivity index (χ4n) is 1.54. The van der Waals surface area contributed by atoms with E-state index in [0.29, 0.717) is 0 Å². The van der Waals surface area contributed by atoms with Gasteiger partial charge in [-0.05, 0) is 25.8 Å². The third-order valence-corrected chi connectivity index (χ3v) is 2.42. The Morgan fingerprint density at radius 2 is 2.13 bits per heavy atom. The summed E-state index contributed by atoms with van der Waals surface area (Å²) >= 11 is 0. The third kappa shape index (κ3) is 5.40. The monoisotopic (exact) mass is 207 g/mol. The molecule has 0 saturated carbocycles. The molecule has 0 saturated heterocycles. The average Bonchev–Trinajstić information content (AvgIpc) is 2.26. The lowest BCUT2D eigenvalue weighted by molar-refractivity contribution is 0.198. The van der Waals surface area contributed by atoms with E-state index in [1.807, 2.05) is 18.2 Å². The molecule has 0 N–H and O–H groups in total. The summed E-state index contributed by atoms with van der Waals surface area (Å²) in [6, 6.07) is 5.76. The molecule has 1 unspecified atom stereocenters. The van der Waals surface area contributed by atoms with Gasteiger partial charge in [0, 0.05) is 12.3 Å². The molecule has 1 aromatic rings. The van der Waals surface area contributed by atoms with E-state index in [4.69, 9.17) is 4.74 Å². The van der Waals surface area contributed by atoms with E-state index in [1.54, 1.807) is 6.20 Å². The fourth-order valence-corrected chi connectivity index (χ4v) is 1.54. The molecule has 0 spiro atoms. The summed E-state index contributed by atoms with van der Waals surface area (Å²) in [4.78, 5) is 4.14. The van der Waals surface area contributed by atoms with Gasteiger partial charge in [-0.3, -0.25) is 0 Å². The molecular weight excluding hydrogens is 186 g/mol. The summed E-state index contributed by atoms with van der Waals surface area (Å²) in [7, 11) is 0. The van der Waals surface area contributed by atoms with Crippen molar-refractivity contribution in [3.8, 4) is 5.88 Å². The van der Waals surface area contributed by atoms with Gasteiger partial charge >= 0.3 is 0 Å². The van der Waals surface area contributed by atoms with Crippen molar-refractivity contribution < 1.29 is 4.74 Å². The van der Waals surface area contributed by atoms with Crippen LogP contribution in [-0.4, -0.2) is 11.1 Å². The van der Waals surface area contributed by atoms with Crippen molar-refractivity contribution in [3.63, 3.8) is 0 Å². The van der Waals surface area contributed by atoms with Crippen LogP contribution >= 0.6 is 0 Å². The van der Waals surface area contributed by atoms with Gasteiger partial charge in [0.15, 0.2) is 0 Å². The Hall–Kier alpha value is -1.05. The van der Waals surface area contributed by atoms with Gasteiger partial charge in [0.2, 0.25) is 5.88 Å². The van der Waals surface area contributed by atoms with E-state index >= 15 is 0 Å². The zero-order chi connectivity index (χ0) is 10.9. The molecule has 1 atom stereocenters. The number of rotatable bonds is 7. The lowest BCUT2D eigenvalue weighted by Gasteiger charge is -2.13. The molecule has 2 nitrogen and oxygen atoms in total. The van der Waals surface area contributed by atoms with Gasteiger partial charge in [0.05, 0.1) is 6.10 Å². The van der Waals surface area contributed by atoms with Gasteiger partial charge in [-0.15, -0.1) is 0 Å². The van der Waals surface area contributed by atoms with Gasteiger partial charge in [0.25, 0.3) is 0 Å². The second kappa shape index (κ2) is 7.27. The van der Waals surface area contributed by atoms with E-state index in [2.05, 4.69) is 18.8 Å². The Bertz CT molecular complexity index is 248. The summed E-state index contributed by atoms with van der Waals surface area (Å²) < 4.78 is 5.68. The highest BCUT2D eigenvalue weighted by Gasteiger charge is 2.03. The lowest BCUT2D eigenvalue weighted by Crippen LogP contribution is -2.12. The standard InChI is InChI=1S/C13H21NO/c1-3-4-5-6-9-12(2)15-13-10-7-8-11-14-13/h7-8,10-12H,3-6,9H2,1-2H3. The summed E-state index contributed by atoms with van der Waals surface area (Å²) in [6.45, 7) is 4.34. The number of pyridine rings is 1. The first kappa shape index (κ1) is 12.0. The van der Waals surface area contributed by atoms with E-state index < -0.39 is 0 Å². The lowest BCUT2D eigenvalue weighted by atomic mass is 10.1. The van der Waals surface area contributed by atoms with E-state index in [0.717, 1.165) is 12.3 Å². The quantitative estimate of drug-likeness (QED) is 0.634. The van der Waals surface area contributed by atoms with Crippen LogP contribution < -0.4 is 4.74 Å². The highest BCUT2D eigenvalue weighted by Crippen LogP contribution is 2.11. The summed E-state index contributed by atoms with van der Waals surface area (Å²) in [5.74, 6) is 0.737. The summed E-state index contributed by atoms with van der Waals surface area (Å²) in [6.07, 6.45) is 8.34. The Morgan fingerprint density at radius 1 is 1.27 bits per heavy atom. The molecule has 0 aliphatic rings. The van der Waals surface area contributed by atoms with Crippen LogP contribution in [-0.2, 0) is 0 Å². The molecule has 15 heavy (non-hydrogen) atoms. The average molecular weight is 207 g/mol. The molecule has 1 heterocycles. The Kier molecular flexibility index (Phi) is 5.83. The van der Waals surface area contributed by atoms with Crippen LogP contribution in [0.1, 0.15) is 46.0 Å². The number of ether oxygens (including phenoxy) is 1. The first-order valence-electron chi connectivity index (χ1n) is 5.90. The van der Waals surface area contributed by atoms with Crippen molar-refractivity contribution in [1.29, 1.82) is 0 Å². The van der Waals surface area contributed by atoms with Gasteiger partial charge < -0.3 is 4.74 Å². The molecule has 84 valence electrons. The van der Waals surface area contributed by atoms with Crippen molar-refractivity contribution in [2.45, 2.75) is 52.1 Å². The topological polar surface area (TPSA) is 22.1 Å². The maximum absolute atomic E-state index is 5.68. The largest absolute Gasteiger partial charge is 0.475 e. The first-order chi connectivity index (χ1) is 7.33. The molecule has 1 rings (SSSR count). The third-order valence-electron chi connectivity index (χ3n) is 2.42. The normalized spacial score (nSPS) is 12.4. The van der Waals surface area contributed by atoms with Crippen LogP contribution in [0.15, 0.2) is 24.4 Å². The predicted octanol–water partition coefficient (Wildman–Crippen LogP) is 3.82. The van der Waals surface area contributed by atoms with E-state index in [9.17, 15) is 0 Å². The Labute approximate surface area is 92.7 Å². The molecule has 0 amide bonds. The summed E-state index contributed by atoms with van der Waals surface area (Å²) in [5, 5.41) is 0. The number of hydrogen-bond donors (Lipinski definition) is 0. The minimum Gasteiger partial charge on any atom is -0.475 e. The molecule has 2 heteroatoms. The minimum absolute atomic E-state index is 0.275. The van der Waals surface area contributed by atoms with Gasteiger partial charge in [-0.1, -0.05) is 32.3 Å². The van der Waals surface area contributed by atoms with Crippen LogP contribution in [0.4, 0.5) is 0 Å². The summed E-state index contributed by atoms with van der Waals surface area (Å²) in [5.41, 5.74) is 0. The highest BCUT2D eigenvalue weighted by molar-refractivity contribution is 5.09. The van der Waals surface area contributed by atoms with Gasteiger partial charge in [-0.25, -0.2) is 4.98 Å². The smallest absolute Gasteiger partial charge is 0.213 e. The molecule has 0 aliphatic heterocycles. The Balaban J connectivity index is 2.16. The number of unbranched alkanes of at least 4 members (excludes halogenated alkanes) is 3. The van der Waals surface area contributed by atoms with Crippen molar-refractivity contribution in [2.75, 3.05) is 0 Å². The van der Waals surface area contributed by atoms with Gasteiger partial charge in [0.1, 0.15) is 0 Å². The molecule has 0 aliphatic carbocycles. The van der Waals surface area contributed by atoms with E-state index in [-0.39, 0.29) is 6.10 Å². The number of nitrogens with zero attached hydrogens (tertiary/aromatic N) is 1. The van der Waals surface area contributed by atoms with E-state index in [1.165, 1.54) is 25.7 Å². The number of hydrogen-bond acceptors (Lipinski definition) is 2. The molecule has 0 bridgehead atoms. The van der Waals surface area contributed by atoms with Crippen molar-refractivity contribution in [1.82, 2.24) is 4.98 Å². The maximum Gasteiger partial charge on any atom is 0.213 e. The maximum atomic E-state index is 5.68. The minimum atomic E-state index is 0.275. The number of aromatic nitrogens is 1. The van der Waals surface area contributed by atoms with Crippen molar-refractivity contribution in [3.05, 3.63) is 24.4 Å². The van der Waals surface area contributed by atoms with Gasteiger partial charge in [-0.2, -0.15) is 0 Å². The molecule has 0 radical (unpaired) electrons. The fraction of sp³-hybridized carbons (Fsp3) is 0.615. The molecular formula is C13H21NO. The zero-order valence-corrected chi connectivity index (χ0v) is 9.78. The molecule has 1 aromatic heterocycles. The molecule has 0 fully saturated rings.